The van der Waals surface area contributed by atoms with Gasteiger partial charge in [-0.3, -0.25) is 0 Å². The molecule has 0 saturated heterocycles. The molecule has 1 fully saturated rings. The van der Waals surface area contributed by atoms with Gasteiger partial charge in [-0.15, -0.1) is 11.3 Å². The molecule has 0 atom stereocenters. The summed E-state index contributed by atoms with van der Waals surface area (Å²) in [7, 11) is 0. The van der Waals surface area contributed by atoms with Gasteiger partial charge in [-0.05, 0) is 49.9 Å². The predicted molar refractivity (Wildman–Crippen MR) is 113 cm³/mol. The maximum absolute atomic E-state index is 13.4. The summed E-state index contributed by atoms with van der Waals surface area (Å²) >= 11 is 1.51. The molecule has 0 bridgehead atoms. The van der Waals surface area contributed by atoms with E-state index < -0.39 is 11.8 Å². The minimum absolute atomic E-state index is 0.109. The van der Waals surface area contributed by atoms with E-state index in [1.54, 1.807) is 0 Å². The van der Waals surface area contributed by atoms with E-state index in [0.29, 0.717) is 5.56 Å². The highest BCUT2D eigenvalue weighted by molar-refractivity contribution is 7.14. The maximum atomic E-state index is 13.4. The number of nitrogens with zero attached hydrogens (tertiary/aromatic N) is 3. The minimum Gasteiger partial charge on any atom is -0.478 e. The van der Waals surface area contributed by atoms with Crippen LogP contribution in [0.3, 0.4) is 0 Å². The zero-order chi connectivity index (χ0) is 20.4. The van der Waals surface area contributed by atoms with Crippen LogP contribution in [-0.4, -0.2) is 28.3 Å². The van der Waals surface area contributed by atoms with Gasteiger partial charge in [-0.1, -0.05) is 24.3 Å². The van der Waals surface area contributed by atoms with Crippen molar-refractivity contribution in [2.75, 3.05) is 5.01 Å². The Morgan fingerprint density at radius 2 is 2.10 bits per heavy atom. The minimum atomic E-state index is -1.18. The van der Waals surface area contributed by atoms with Crippen LogP contribution < -0.4 is 5.01 Å². The first-order valence-corrected chi connectivity index (χ1v) is 10.3. The van der Waals surface area contributed by atoms with E-state index in [2.05, 4.69) is 18.1 Å². The molecule has 0 unspecified atom stereocenters. The number of hydrogen-bond acceptors (Lipinski definition) is 5. The number of halogens is 1. The van der Waals surface area contributed by atoms with Crippen LogP contribution in [0.2, 0.25) is 0 Å². The second-order valence-corrected chi connectivity index (χ2v) is 7.88. The second-order valence-electron chi connectivity index (χ2n) is 7.04. The molecule has 5 nitrogen and oxygen atoms in total. The zero-order valence-corrected chi connectivity index (χ0v) is 16.7. The first kappa shape index (κ1) is 19.3. The largest absolute Gasteiger partial charge is 0.478 e. The number of carboxylic acids is 1. The molecular formula is C22H20FN3O2S. The van der Waals surface area contributed by atoms with Gasteiger partial charge in [0.05, 0.1) is 23.5 Å². The molecule has 2 aromatic carbocycles. The van der Waals surface area contributed by atoms with E-state index in [0.717, 1.165) is 47.3 Å². The molecule has 1 aliphatic carbocycles. The molecule has 0 radical (unpaired) electrons. The van der Waals surface area contributed by atoms with Crippen LogP contribution in [0.1, 0.15) is 40.7 Å². The van der Waals surface area contributed by atoms with Gasteiger partial charge < -0.3 is 5.11 Å². The molecule has 1 N–H and O–H groups in total. The Morgan fingerprint density at radius 3 is 2.79 bits per heavy atom. The molecule has 0 aliphatic heterocycles. The summed E-state index contributed by atoms with van der Waals surface area (Å²) < 4.78 is 13.4. The number of benzene rings is 2. The highest BCUT2D eigenvalue weighted by Gasteiger charge is 2.27. The number of aryl methyl sites for hydroxylation is 1. The number of aromatic nitrogens is 1. The molecule has 1 heterocycles. The topological polar surface area (TPSA) is 65.8 Å². The van der Waals surface area contributed by atoms with Crippen LogP contribution in [0.15, 0.2) is 52.9 Å². The van der Waals surface area contributed by atoms with Crippen molar-refractivity contribution in [2.45, 2.75) is 32.2 Å². The zero-order valence-electron chi connectivity index (χ0n) is 15.9. The van der Waals surface area contributed by atoms with E-state index in [4.69, 9.17) is 4.98 Å². The molecule has 148 valence electrons. The number of thiazole rings is 1. The van der Waals surface area contributed by atoms with Crippen LogP contribution in [-0.2, 0) is 0 Å². The highest BCUT2D eigenvalue weighted by Crippen LogP contribution is 2.35. The predicted octanol–water partition coefficient (Wildman–Crippen LogP) is 5.35. The van der Waals surface area contributed by atoms with Gasteiger partial charge in [-0.25, -0.2) is 19.2 Å². The molecule has 0 spiro atoms. The van der Waals surface area contributed by atoms with E-state index in [-0.39, 0.29) is 11.6 Å². The number of carbonyl (C=O) groups is 1. The number of hydrogen-bond donors (Lipinski definition) is 1. The first-order chi connectivity index (χ1) is 14.0. The Bertz CT molecular complexity index is 1080. The van der Waals surface area contributed by atoms with Crippen molar-refractivity contribution in [3.05, 3.63) is 70.4 Å². The SMILES string of the molecule is Cc1ccccc1-c1csc(N(/N=C/c2ccc(F)cc2C(=O)O)C2CCC2)n1. The third kappa shape index (κ3) is 4.05. The summed E-state index contributed by atoms with van der Waals surface area (Å²) in [6, 6.07) is 12.0. The third-order valence-corrected chi connectivity index (χ3v) is 5.93. The van der Waals surface area contributed by atoms with Crippen LogP contribution in [0, 0.1) is 12.7 Å². The fourth-order valence-electron chi connectivity index (χ4n) is 3.24. The van der Waals surface area contributed by atoms with Crippen LogP contribution >= 0.6 is 11.3 Å². The summed E-state index contributed by atoms with van der Waals surface area (Å²) in [6.45, 7) is 2.05. The number of hydrazone groups is 1. The summed E-state index contributed by atoms with van der Waals surface area (Å²) in [4.78, 5) is 16.2. The molecule has 0 amide bonds. The highest BCUT2D eigenvalue weighted by atomic mass is 32.1. The number of carboxylic acid groups (broad SMARTS) is 1. The fraction of sp³-hybridized carbons (Fsp3) is 0.227. The average molecular weight is 409 g/mol. The summed E-state index contributed by atoms with van der Waals surface area (Å²) in [6.07, 6.45) is 4.62. The van der Waals surface area contributed by atoms with Gasteiger partial charge in [0.15, 0.2) is 0 Å². The standard InChI is InChI=1S/C22H20FN3O2S/c1-14-5-2-3-8-18(14)20-13-29-22(25-20)26(17-6-4-7-17)24-12-15-9-10-16(23)11-19(15)21(27)28/h2-3,5,8-13,17H,4,6-7H2,1H3,(H,27,28)/b24-12+. The van der Waals surface area contributed by atoms with Crippen molar-refractivity contribution < 1.29 is 14.3 Å². The maximum Gasteiger partial charge on any atom is 0.336 e. The van der Waals surface area contributed by atoms with Crippen molar-refractivity contribution in [3.8, 4) is 11.3 Å². The van der Waals surface area contributed by atoms with Crippen molar-refractivity contribution in [3.63, 3.8) is 0 Å². The Morgan fingerprint density at radius 1 is 1.31 bits per heavy atom. The van der Waals surface area contributed by atoms with Crippen molar-refractivity contribution in [1.82, 2.24) is 4.98 Å². The summed E-state index contributed by atoms with van der Waals surface area (Å²) in [5.74, 6) is -1.77. The fourth-order valence-corrected chi connectivity index (χ4v) is 4.09. The van der Waals surface area contributed by atoms with Crippen molar-refractivity contribution in [2.24, 2.45) is 5.10 Å². The quantitative estimate of drug-likeness (QED) is 0.440. The lowest BCUT2D eigenvalue weighted by Gasteiger charge is -2.33. The van der Waals surface area contributed by atoms with Crippen LogP contribution in [0.25, 0.3) is 11.3 Å². The molecule has 3 aromatic rings. The normalized spacial score (nSPS) is 14.1. The van der Waals surface area contributed by atoms with E-state index >= 15 is 0 Å². The van der Waals surface area contributed by atoms with Gasteiger partial charge >= 0.3 is 5.97 Å². The lowest BCUT2D eigenvalue weighted by atomic mass is 9.93. The van der Waals surface area contributed by atoms with Gasteiger partial charge in [0.1, 0.15) is 5.82 Å². The molecule has 4 rings (SSSR count). The van der Waals surface area contributed by atoms with Gasteiger partial charge in [0, 0.05) is 16.5 Å². The van der Waals surface area contributed by atoms with E-state index in [9.17, 15) is 14.3 Å². The molecule has 29 heavy (non-hydrogen) atoms. The molecule has 1 aliphatic rings. The van der Waals surface area contributed by atoms with Crippen LogP contribution in [0.4, 0.5) is 9.52 Å². The Hall–Kier alpha value is -3.06. The van der Waals surface area contributed by atoms with E-state index in [1.807, 2.05) is 28.6 Å². The lowest BCUT2D eigenvalue weighted by Crippen LogP contribution is -2.36. The lowest BCUT2D eigenvalue weighted by molar-refractivity contribution is 0.0696. The monoisotopic (exact) mass is 409 g/mol. The van der Waals surface area contributed by atoms with Crippen LogP contribution in [0.5, 0.6) is 0 Å². The molecule has 7 heteroatoms. The number of rotatable bonds is 6. The van der Waals surface area contributed by atoms with Gasteiger partial charge in [-0.2, -0.15) is 5.10 Å². The van der Waals surface area contributed by atoms with E-state index in [1.165, 1.54) is 29.7 Å². The third-order valence-electron chi connectivity index (χ3n) is 5.10. The Balaban J connectivity index is 1.66. The van der Waals surface area contributed by atoms with Crippen molar-refractivity contribution >= 4 is 28.7 Å². The summed E-state index contributed by atoms with van der Waals surface area (Å²) in [5.41, 5.74) is 3.39. The Kier molecular flexibility index (Phi) is 5.40. The first-order valence-electron chi connectivity index (χ1n) is 9.40. The number of aromatic carboxylic acids is 1. The summed E-state index contributed by atoms with van der Waals surface area (Å²) in [5, 5.41) is 18.5. The smallest absolute Gasteiger partial charge is 0.336 e. The Labute approximate surface area is 172 Å². The number of anilines is 1. The van der Waals surface area contributed by atoms with Crippen molar-refractivity contribution in [1.29, 1.82) is 0 Å². The molecular weight excluding hydrogens is 389 g/mol. The van der Waals surface area contributed by atoms with Gasteiger partial charge in [0.25, 0.3) is 0 Å². The van der Waals surface area contributed by atoms with Gasteiger partial charge in [0.2, 0.25) is 5.13 Å². The average Bonchev–Trinajstić information content (AvgIpc) is 3.14. The molecule has 1 saturated carbocycles. The second kappa shape index (κ2) is 8.13. The molecule has 1 aromatic heterocycles.